The Labute approximate surface area is 116 Å². The first kappa shape index (κ1) is 14.5. The lowest BCUT2D eigenvalue weighted by molar-refractivity contribution is 0.175. The molecule has 0 heterocycles. The van der Waals surface area contributed by atoms with E-state index in [0.717, 1.165) is 18.9 Å². The van der Waals surface area contributed by atoms with E-state index in [1.165, 1.54) is 37.7 Å². The third-order valence-corrected chi connectivity index (χ3v) is 4.66. The van der Waals surface area contributed by atoms with E-state index in [9.17, 15) is 4.39 Å². The van der Waals surface area contributed by atoms with Crippen LogP contribution in [0.3, 0.4) is 0 Å². The summed E-state index contributed by atoms with van der Waals surface area (Å²) in [5, 5.41) is 0. The van der Waals surface area contributed by atoms with Crippen molar-refractivity contribution in [3.8, 4) is 0 Å². The molecular formula is C17H26FN. The molecule has 1 aliphatic rings. The van der Waals surface area contributed by atoms with Gasteiger partial charge in [-0.25, -0.2) is 4.39 Å². The Balaban J connectivity index is 1.99. The van der Waals surface area contributed by atoms with Crippen LogP contribution >= 0.6 is 0 Å². The van der Waals surface area contributed by atoms with Crippen molar-refractivity contribution in [1.29, 1.82) is 0 Å². The Hall–Kier alpha value is -0.890. The molecule has 0 bridgehead atoms. The second-order valence-electron chi connectivity index (χ2n) is 6.05. The second-order valence-corrected chi connectivity index (χ2v) is 6.05. The number of nitrogens with two attached hydrogens (primary N) is 1. The minimum Gasteiger partial charge on any atom is -0.330 e. The Kier molecular flexibility index (Phi) is 5.38. The molecule has 2 rings (SSSR count). The van der Waals surface area contributed by atoms with Gasteiger partial charge in [0.2, 0.25) is 0 Å². The molecule has 2 heteroatoms. The van der Waals surface area contributed by atoms with Crippen LogP contribution in [0.4, 0.5) is 4.39 Å². The van der Waals surface area contributed by atoms with Crippen LogP contribution in [0.25, 0.3) is 0 Å². The zero-order chi connectivity index (χ0) is 13.7. The summed E-state index contributed by atoms with van der Waals surface area (Å²) in [6, 6.07) is 6.98. The van der Waals surface area contributed by atoms with Gasteiger partial charge in [0.15, 0.2) is 0 Å². The summed E-state index contributed by atoms with van der Waals surface area (Å²) < 4.78 is 13.0. The minimum absolute atomic E-state index is 0.147. The fourth-order valence-corrected chi connectivity index (χ4v) is 3.58. The highest BCUT2D eigenvalue weighted by Gasteiger charge is 2.29. The second kappa shape index (κ2) is 7.04. The van der Waals surface area contributed by atoms with Crippen LogP contribution in [0.2, 0.25) is 0 Å². The molecule has 0 radical (unpaired) electrons. The zero-order valence-electron chi connectivity index (χ0n) is 11.9. The summed E-state index contributed by atoms with van der Waals surface area (Å²) in [5.74, 6) is 2.06. The van der Waals surface area contributed by atoms with Gasteiger partial charge in [-0.1, -0.05) is 38.3 Å². The highest BCUT2D eigenvalue weighted by molar-refractivity contribution is 5.17. The standard InChI is InChI=1S/C17H26FN/c1-2-3-13-4-7-15(12-19)16(10-13)11-14-5-8-17(18)9-6-14/h5-6,8-9,13,15-16H,2-4,7,10-12,19H2,1H3. The first-order chi connectivity index (χ1) is 9.22. The van der Waals surface area contributed by atoms with Crippen LogP contribution in [-0.4, -0.2) is 6.54 Å². The van der Waals surface area contributed by atoms with Crippen LogP contribution in [0.15, 0.2) is 24.3 Å². The van der Waals surface area contributed by atoms with E-state index < -0.39 is 0 Å². The number of hydrogen-bond donors (Lipinski definition) is 1. The van der Waals surface area contributed by atoms with E-state index in [0.29, 0.717) is 11.8 Å². The first-order valence-corrected chi connectivity index (χ1v) is 7.67. The number of rotatable bonds is 5. The molecule has 1 aliphatic carbocycles. The van der Waals surface area contributed by atoms with Crippen molar-refractivity contribution in [3.63, 3.8) is 0 Å². The number of hydrogen-bond acceptors (Lipinski definition) is 1. The summed E-state index contributed by atoms with van der Waals surface area (Å²) in [6.45, 7) is 3.06. The molecule has 0 aliphatic heterocycles. The van der Waals surface area contributed by atoms with Crippen LogP contribution in [0.5, 0.6) is 0 Å². The van der Waals surface area contributed by atoms with Gasteiger partial charge in [0.1, 0.15) is 5.82 Å². The zero-order valence-corrected chi connectivity index (χ0v) is 11.9. The van der Waals surface area contributed by atoms with Gasteiger partial charge in [-0.2, -0.15) is 0 Å². The molecule has 3 unspecified atom stereocenters. The molecule has 1 fully saturated rings. The van der Waals surface area contributed by atoms with Gasteiger partial charge in [-0.15, -0.1) is 0 Å². The maximum absolute atomic E-state index is 13.0. The van der Waals surface area contributed by atoms with Crippen molar-refractivity contribution in [2.24, 2.45) is 23.5 Å². The number of halogens is 1. The number of benzene rings is 1. The summed E-state index contributed by atoms with van der Waals surface area (Å²) in [5.41, 5.74) is 7.18. The van der Waals surface area contributed by atoms with Crippen molar-refractivity contribution in [2.75, 3.05) is 6.54 Å². The average Bonchev–Trinajstić information content (AvgIpc) is 2.42. The van der Waals surface area contributed by atoms with E-state index >= 15 is 0 Å². The van der Waals surface area contributed by atoms with Crippen molar-refractivity contribution < 1.29 is 4.39 Å². The van der Waals surface area contributed by atoms with Gasteiger partial charge >= 0.3 is 0 Å². The largest absolute Gasteiger partial charge is 0.330 e. The van der Waals surface area contributed by atoms with Crippen molar-refractivity contribution in [1.82, 2.24) is 0 Å². The minimum atomic E-state index is -0.147. The monoisotopic (exact) mass is 263 g/mol. The normalized spacial score (nSPS) is 27.4. The van der Waals surface area contributed by atoms with Crippen LogP contribution in [-0.2, 0) is 6.42 Å². The van der Waals surface area contributed by atoms with E-state index in [2.05, 4.69) is 6.92 Å². The van der Waals surface area contributed by atoms with Crippen LogP contribution in [0.1, 0.15) is 44.6 Å². The molecule has 1 saturated carbocycles. The molecular weight excluding hydrogens is 237 g/mol. The summed E-state index contributed by atoms with van der Waals surface area (Å²) in [4.78, 5) is 0. The lowest BCUT2D eigenvalue weighted by atomic mass is 9.70. The Bertz CT molecular complexity index is 373. The highest BCUT2D eigenvalue weighted by Crippen LogP contribution is 2.37. The highest BCUT2D eigenvalue weighted by atomic mass is 19.1. The molecule has 106 valence electrons. The van der Waals surface area contributed by atoms with Crippen molar-refractivity contribution in [3.05, 3.63) is 35.6 Å². The van der Waals surface area contributed by atoms with E-state index in [1.54, 1.807) is 12.1 Å². The summed E-state index contributed by atoms with van der Waals surface area (Å²) >= 11 is 0. The quantitative estimate of drug-likeness (QED) is 0.848. The lowest BCUT2D eigenvalue weighted by Crippen LogP contribution is -2.31. The van der Waals surface area contributed by atoms with E-state index in [4.69, 9.17) is 5.73 Å². The van der Waals surface area contributed by atoms with E-state index in [-0.39, 0.29) is 5.82 Å². The third kappa shape index (κ3) is 4.04. The molecule has 0 aromatic heterocycles. The average molecular weight is 263 g/mol. The molecule has 2 N–H and O–H groups in total. The van der Waals surface area contributed by atoms with Gasteiger partial charge in [-0.3, -0.25) is 0 Å². The fourth-order valence-electron chi connectivity index (χ4n) is 3.58. The third-order valence-electron chi connectivity index (χ3n) is 4.66. The lowest BCUT2D eigenvalue weighted by Gasteiger charge is -2.36. The van der Waals surface area contributed by atoms with Gasteiger partial charge in [-0.05, 0) is 61.3 Å². The maximum Gasteiger partial charge on any atom is 0.123 e. The molecule has 3 atom stereocenters. The maximum atomic E-state index is 13.0. The predicted octanol–water partition coefficient (Wildman–Crippen LogP) is 4.16. The molecule has 19 heavy (non-hydrogen) atoms. The van der Waals surface area contributed by atoms with Crippen molar-refractivity contribution >= 4 is 0 Å². The molecule has 0 amide bonds. The predicted molar refractivity (Wildman–Crippen MR) is 78.4 cm³/mol. The fraction of sp³-hybridized carbons (Fsp3) is 0.647. The molecule has 1 aromatic carbocycles. The van der Waals surface area contributed by atoms with Gasteiger partial charge in [0, 0.05) is 0 Å². The van der Waals surface area contributed by atoms with Gasteiger partial charge in [0.05, 0.1) is 0 Å². The molecule has 0 spiro atoms. The first-order valence-electron chi connectivity index (χ1n) is 7.67. The molecule has 0 saturated heterocycles. The Morgan fingerprint density at radius 3 is 2.53 bits per heavy atom. The van der Waals surface area contributed by atoms with Crippen molar-refractivity contribution in [2.45, 2.75) is 45.4 Å². The topological polar surface area (TPSA) is 26.0 Å². The van der Waals surface area contributed by atoms with E-state index in [1.807, 2.05) is 12.1 Å². The van der Waals surface area contributed by atoms with Gasteiger partial charge < -0.3 is 5.73 Å². The summed E-state index contributed by atoms with van der Waals surface area (Å²) in [6.07, 6.45) is 7.59. The van der Waals surface area contributed by atoms with Crippen LogP contribution < -0.4 is 5.73 Å². The van der Waals surface area contributed by atoms with Crippen LogP contribution in [0, 0.1) is 23.6 Å². The molecule has 1 nitrogen and oxygen atoms in total. The van der Waals surface area contributed by atoms with Gasteiger partial charge in [0.25, 0.3) is 0 Å². The molecule has 1 aromatic rings. The Morgan fingerprint density at radius 2 is 1.89 bits per heavy atom. The summed E-state index contributed by atoms with van der Waals surface area (Å²) in [7, 11) is 0. The Morgan fingerprint density at radius 1 is 1.16 bits per heavy atom. The SMILES string of the molecule is CCCC1CCC(CN)C(Cc2ccc(F)cc2)C1. The smallest absolute Gasteiger partial charge is 0.123 e.